The van der Waals surface area contributed by atoms with Gasteiger partial charge in [-0.2, -0.15) is 0 Å². The van der Waals surface area contributed by atoms with Gasteiger partial charge in [-0.1, -0.05) is 48.9 Å². The van der Waals surface area contributed by atoms with Crippen LogP contribution in [0.25, 0.3) is 6.08 Å². The van der Waals surface area contributed by atoms with E-state index in [0.717, 1.165) is 31.7 Å². The van der Waals surface area contributed by atoms with E-state index in [2.05, 4.69) is 54.0 Å². The molecule has 1 aromatic rings. The molecule has 0 spiro atoms. The third-order valence-corrected chi connectivity index (χ3v) is 6.75. The van der Waals surface area contributed by atoms with Gasteiger partial charge in [0.1, 0.15) is 0 Å². The summed E-state index contributed by atoms with van der Waals surface area (Å²) in [6.45, 7) is 7.52. The Kier molecular flexibility index (Phi) is 7.53. The highest BCUT2D eigenvalue weighted by Crippen LogP contribution is 2.40. The summed E-state index contributed by atoms with van der Waals surface area (Å²) in [6, 6.07) is 11.8. The summed E-state index contributed by atoms with van der Waals surface area (Å²) in [5.74, 6) is 0.732. The predicted molar refractivity (Wildman–Crippen MR) is 120 cm³/mol. The lowest BCUT2D eigenvalue weighted by Crippen LogP contribution is -2.43. The van der Waals surface area contributed by atoms with Crippen LogP contribution in [0.2, 0.25) is 0 Å². The largest absolute Gasteiger partial charge is 0.481 e. The molecule has 29 heavy (non-hydrogen) atoms. The SMILES string of the molecule is CC/C(=C\c1ccccc1)[C@@H]1C[C@H]1NCC1CCC(NCC(C)(C)C(=O)O)CC1. The molecule has 2 saturated carbocycles. The van der Waals surface area contributed by atoms with Crippen molar-refractivity contribution in [2.45, 2.75) is 71.4 Å². The maximum absolute atomic E-state index is 11.2. The van der Waals surface area contributed by atoms with Crippen molar-refractivity contribution >= 4 is 12.0 Å². The number of benzene rings is 1. The molecule has 2 atom stereocenters. The Morgan fingerprint density at radius 3 is 2.45 bits per heavy atom. The molecule has 1 aromatic carbocycles. The molecule has 0 saturated heterocycles. The van der Waals surface area contributed by atoms with E-state index in [4.69, 9.17) is 0 Å². The summed E-state index contributed by atoms with van der Waals surface area (Å²) in [4.78, 5) is 11.2. The minimum Gasteiger partial charge on any atom is -0.481 e. The van der Waals surface area contributed by atoms with Crippen LogP contribution >= 0.6 is 0 Å². The Labute approximate surface area is 176 Å². The van der Waals surface area contributed by atoms with Gasteiger partial charge in [0.15, 0.2) is 0 Å². The monoisotopic (exact) mass is 398 g/mol. The van der Waals surface area contributed by atoms with Crippen LogP contribution in [0.15, 0.2) is 35.9 Å². The molecule has 0 bridgehead atoms. The van der Waals surface area contributed by atoms with Crippen molar-refractivity contribution in [2.24, 2.45) is 17.3 Å². The Balaban J connectivity index is 1.36. The average molecular weight is 399 g/mol. The number of carboxylic acids is 1. The molecule has 0 heterocycles. The molecule has 3 rings (SSSR count). The topological polar surface area (TPSA) is 61.4 Å². The number of rotatable bonds is 10. The smallest absolute Gasteiger partial charge is 0.310 e. The lowest BCUT2D eigenvalue weighted by atomic mass is 9.85. The first-order valence-electron chi connectivity index (χ1n) is 11.3. The lowest BCUT2D eigenvalue weighted by Gasteiger charge is -2.31. The van der Waals surface area contributed by atoms with Crippen LogP contribution in [-0.2, 0) is 4.79 Å². The van der Waals surface area contributed by atoms with E-state index in [0.29, 0.717) is 24.5 Å². The van der Waals surface area contributed by atoms with Gasteiger partial charge in [-0.3, -0.25) is 4.79 Å². The van der Waals surface area contributed by atoms with E-state index >= 15 is 0 Å². The molecule has 3 N–H and O–H groups in total. The highest BCUT2D eigenvalue weighted by atomic mass is 16.4. The van der Waals surface area contributed by atoms with E-state index in [-0.39, 0.29) is 0 Å². The summed E-state index contributed by atoms with van der Waals surface area (Å²) in [6.07, 6.45) is 9.55. The normalized spacial score (nSPS) is 27.6. The Morgan fingerprint density at radius 1 is 1.14 bits per heavy atom. The van der Waals surface area contributed by atoms with Crippen molar-refractivity contribution in [1.29, 1.82) is 0 Å². The first-order valence-corrected chi connectivity index (χ1v) is 11.3. The lowest BCUT2D eigenvalue weighted by molar-refractivity contribution is -0.146. The number of carboxylic acid groups (broad SMARTS) is 1. The van der Waals surface area contributed by atoms with E-state index < -0.39 is 11.4 Å². The van der Waals surface area contributed by atoms with E-state index in [1.54, 1.807) is 19.4 Å². The summed E-state index contributed by atoms with van der Waals surface area (Å²) >= 11 is 0. The Morgan fingerprint density at radius 2 is 1.83 bits per heavy atom. The fourth-order valence-corrected chi connectivity index (χ4v) is 4.43. The summed E-state index contributed by atoms with van der Waals surface area (Å²) < 4.78 is 0. The third kappa shape index (κ3) is 6.42. The Hall–Kier alpha value is -1.65. The van der Waals surface area contributed by atoms with Gasteiger partial charge in [0.05, 0.1) is 5.41 Å². The molecular weight excluding hydrogens is 360 g/mol. The van der Waals surface area contributed by atoms with Gasteiger partial charge in [-0.15, -0.1) is 0 Å². The Bertz CT molecular complexity index is 690. The average Bonchev–Trinajstić information content (AvgIpc) is 3.50. The second-order valence-electron chi connectivity index (χ2n) is 9.63. The highest BCUT2D eigenvalue weighted by Gasteiger charge is 2.39. The standard InChI is InChI=1S/C25H38N2O2/c1-4-20(14-18-8-6-5-7-9-18)22-15-23(22)26-16-19-10-12-21(13-11-19)27-17-25(2,3)24(28)29/h5-9,14,19,21-23,26-27H,4,10-13,15-17H2,1-3H3,(H,28,29)/b20-14+/t19?,21?,22-,23+/m0/s1. The van der Waals surface area contributed by atoms with Crippen LogP contribution in [0.4, 0.5) is 0 Å². The maximum atomic E-state index is 11.2. The van der Waals surface area contributed by atoms with E-state index in [1.165, 1.54) is 24.8 Å². The summed E-state index contributed by atoms with van der Waals surface area (Å²) in [7, 11) is 0. The predicted octanol–water partition coefficient (Wildman–Crippen LogP) is 4.72. The van der Waals surface area contributed by atoms with Crippen molar-refractivity contribution in [1.82, 2.24) is 10.6 Å². The summed E-state index contributed by atoms with van der Waals surface area (Å²) in [5, 5.41) is 16.6. The van der Waals surface area contributed by atoms with Gasteiger partial charge in [-0.25, -0.2) is 0 Å². The zero-order valence-corrected chi connectivity index (χ0v) is 18.3. The van der Waals surface area contributed by atoms with E-state index in [9.17, 15) is 9.90 Å². The molecular formula is C25H38N2O2. The second kappa shape index (κ2) is 9.90. The first-order chi connectivity index (χ1) is 13.9. The molecule has 4 heteroatoms. The number of aliphatic carboxylic acids is 1. The second-order valence-corrected chi connectivity index (χ2v) is 9.63. The van der Waals surface area contributed by atoms with Gasteiger partial charge >= 0.3 is 5.97 Å². The van der Waals surface area contributed by atoms with Crippen LogP contribution in [0.5, 0.6) is 0 Å². The molecule has 160 valence electrons. The van der Waals surface area contributed by atoms with Gasteiger partial charge in [0, 0.05) is 18.6 Å². The van der Waals surface area contributed by atoms with Gasteiger partial charge in [0.2, 0.25) is 0 Å². The van der Waals surface area contributed by atoms with Crippen molar-refractivity contribution < 1.29 is 9.90 Å². The van der Waals surface area contributed by atoms with Gasteiger partial charge in [0.25, 0.3) is 0 Å². The van der Waals surface area contributed by atoms with Crippen molar-refractivity contribution in [3.05, 3.63) is 41.5 Å². The molecule has 2 aliphatic rings. The van der Waals surface area contributed by atoms with Crippen LogP contribution in [0.3, 0.4) is 0 Å². The zero-order valence-electron chi connectivity index (χ0n) is 18.3. The van der Waals surface area contributed by atoms with Crippen molar-refractivity contribution in [2.75, 3.05) is 13.1 Å². The van der Waals surface area contributed by atoms with Gasteiger partial charge in [-0.05, 0) is 76.3 Å². The van der Waals surface area contributed by atoms with Crippen molar-refractivity contribution in [3.63, 3.8) is 0 Å². The van der Waals surface area contributed by atoms with Crippen molar-refractivity contribution in [3.8, 4) is 0 Å². The van der Waals surface area contributed by atoms with Crippen LogP contribution in [-0.4, -0.2) is 36.2 Å². The molecule has 0 unspecified atom stereocenters. The fraction of sp³-hybridized carbons (Fsp3) is 0.640. The molecule has 2 aliphatic carbocycles. The van der Waals surface area contributed by atoms with E-state index in [1.807, 2.05) is 0 Å². The minimum absolute atomic E-state index is 0.471. The molecule has 0 aromatic heterocycles. The first kappa shape index (κ1) is 22.0. The zero-order chi connectivity index (χ0) is 20.9. The number of hydrogen-bond donors (Lipinski definition) is 3. The minimum atomic E-state index is -0.727. The highest BCUT2D eigenvalue weighted by molar-refractivity contribution is 5.73. The third-order valence-electron chi connectivity index (χ3n) is 6.75. The molecule has 2 fully saturated rings. The molecule has 0 amide bonds. The maximum Gasteiger partial charge on any atom is 0.310 e. The van der Waals surface area contributed by atoms with Crippen LogP contribution < -0.4 is 10.6 Å². The fourth-order valence-electron chi connectivity index (χ4n) is 4.43. The summed E-state index contributed by atoms with van der Waals surface area (Å²) in [5.41, 5.74) is 2.19. The number of nitrogens with one attached hydrogen (secondary N) is 2. The quantitative estimate of drug-likeness (QED) is 0.534. The molecule has 0 radical (unpaired) electrons. The molecule has 0 aliphatic heterocycles. The van der Waals surface area contributed by atoms with Crippen LogP contribution in [0.1, 0.15) is 64.9 Å². The molecule has 4 nitrogen and oxygen atoms in total. The number of hydrogen-bond acceptors (Lipinski definition) is 3. The van der Waals surface area contributed by atoms with Gasteiger partial charge < -0.3 is 15.7 Å². The number of carbonyl (C=O) groups is 1. The van der Waals surface area contributed by atoms with Crippen LogP contribution in [0, 0.1) is 17.3 Å².